The van der Waals surface area contributed by atoms with Crippen LogP contribution in [0.3, 0.4) is 0 Å². The smallest absolute Gasteiger partial charge is 0.313 e. The van der Waals surface area contributed by atoms with Crippen LogP contribution in [0.25, 0.3) is 0 Å². The number of Topliss-reactive ketones (excluding diaryl/α,β-unsaturated/α-hetero) is 1. The zero-order valence-corrected chi connectivity index (χ0v) is 20.7. The summed E-state index contributed by atoms with van der Waals surface area (Å²) >= 11 is 0. The molecule has 0 unspecified atom stereocenters. The molecule has 0 aliphatic heterocycles. The Labute approximate surface area is 196 Å². The summed E-state index contributed by atoms with van der Waals surface area (Å²) in [5.41, 5.74) is 0.486. The number of esters is 1. The fraction of sp³-hybridized carbons (Fsp3) is 0.714. The molecule has 0 aliphatic carbocycles. The third kappa shape index (κ3) is 15.0. The first-order valence-electron chi connectivity index (χ1n) is 13.0. The van der Waals surface area contributed by atoms with Crippen molar-refractivity contribution in [1.29, 1.82) is 0 Å². The molecule has 4 nitrogen and oxygen atoms in total. The van der Waals surface area contributed by atoms with Crippen LogP contribution in [0.1, 0.15) is 126 Å². The Balaban J connectivity index is 1.93. The summed E-state index contributed by atoms with van der Waals surface area (Å²) in [6.45, 7) is 2.94. The SMILES string of the molecule is CCCCCCCCCCCCCCCCCCOc1cccc(C(=O)CC(=O)OC)c1. The molecule has 0 amide bonds. The number of ether oxygens (including phenoxy) is 2. The maximum Gasteiger partial charge on any atom is 0.313 e. The molecule has 0 bridgehead atoms. The van der Waals surface area contributed by atoms with E-state index in [4.69, 9.17) is 4.74 Å². The van der Waals surface area contributed by atoms with Crippen molar-refractivity contribution in [3.8, 4) is 5.75 Å². The Kier molecular flexibility index (Phi) is 17.5. The Bertz CT molecular complexity index is 611. The second kappa shape index (κ2) is 19.8. The molecule has 0 aliphatic rings. The highest BCUT2D eigenvalue weighted by atomic mass is 16.5. The van der Waals surface area contributed by atoms with Crippen LogP contribution in [0.4, 0.5) is 0 Å². The highest BCUT2D eigenvalue weighted by Crippen LogP contribution is 2.17. The molecular formula is C28H46O4. The van der Waals surface area contributed by atoms with Gasteiger partial charge in [-0.1, -0.05) is 115 Å². The van der Waals surface area contributed by atoms with Crippen LogP contribution in [0.5, 0.6) is 5.75 Å². The van der Waals surface area contributed by atoms with Gasteiger partial charge < -0.3 is 9.47 Å². The monoisotopic (exact) mass is 446 g/mol. The summed E-state index contributed by atoms with van der Waals surface area (Å²) in [5.74, 6) is -0.0825. The molecule has 0 spiro atoms. The van der Waals surface area contributed by atoms with E-state index in [-0.39, 0.29) is 12.2 Å². The highest BCUT2D eigenvalue weighted by molar-refractivity contribution is 6.06. The summed E-state index contributed by atoms with van der Waals surface area (Å²) in [7, 11) is 1.28. The highest BCUT2D eigenvalue weighted by Gasteiger charge is 2.12. The number of hydrogen-bond donors (Lipinski definition) is 0. The minimum atomic E-state index is -0.519. The number of methoxy groups -OCH3 is 1. The third-order valence-corrected chi connectivity index (χ3v) is 5.96. The van der Waals surface area contributed by atoms with Crippen LogP contribution < -0.4 is 4.74 Å². The zero-order chi connectivity index (χ0) is 23.3. The fourth-order valence-corrected chi connectivity index (χ4v) is 3.90. The molecular weight excluding hydrogens is 400 g/mol. The van der Waals surface area contributed by atoms with Crippen molar-refractivity contribution in [2.75, 3.05) is 13.7 Å². The van der Waals surface area contributed by atoms with E-state index in [0.717, 1.165) is 6.42 Å². The van der Waals surface area contributed by atoms with Crippen LogP contribution in [0.15, 0.2) is 24.3 Å². The average Bonchev–Trinajstić information content (AvgIpc) is 2.81. The number of ketones is 1. The minimum absolute atomic E-state index is 0.237. The van der Waals surface area contributed by atoms with Gasteiger partial charge >= 0.3 is 5.97 Å². The number of rotatable bonds is 21. The minimum Gasteiger partial charge on any atom is -0.494 e. The first kappa shape index (κ1) is 28.2. The van der Waals surface area contributed by atoms with E-state index in [2.05, 4.69) is 11.7 Å². The Morgan fingerprint density at radius 2 is 1.22 bits per heavy atom. The molecule has 0 saturated heterocycles. The topological polar surface area (TPSA) is 52.6 Å². The van der Waals surface area contributed by atoms with Gasteiger partial charge in [-0.15, -0.1) is 0 Å². The van der Waals surface area contributed by atoms with Crippen molar-refractivity contribution in [2.45, 2.75) is 116 Å². The maximum atomic E-state index is 12.0. The number of carbonyl (C=O) groups excluding carboxylic acids is 2. The van der Waals surface area contributed by atoms with Gasteiger partial charge in [0.1, 0.15) is 12.2 Å². The van der Waals surface area contributed by atoms with Gasteiger partial charge in [-0.3, -0.25) is 9.59 Å². The molecule has 0 N–H and O–H groups in total. The Morgan fingerprint density at radius 3 is 1.72 bits per heavy atom. The van der Waals surface area contributed by atoms with E-state index >= 15 is 0 Å². The van der Waals surface area contributed by atoms with Gasteiger partial charge in [0.05, 0.1) is 13.7 Å². The van der Waals surface area contributed by atoms with Crippen LogP contribution in [-0.2, 0) is 9.53 Å². The van der Waals surface area contributed by atoms with E-state index in [9.17, 15) is 9.59 Å². The predicted octanol–water partition coefficient (Wildman–Crippen LogP) is 8.07. The number of carbonyl (C=O) groups is 2. The molecule has 0 saturated carbocycles. The maximum absolute atomic E-state index is 12.0. The van der Waals surface area contributed by atoms with Crippen LogP contribution in [0.2, 0.25) is 0 Å². The summed E-state index contributed by atoms with van der Waals surface area (Å²) in [4.78, 5) is 23.3. The van der Waals surface area contributed by atoms with Gasteiger partial charge in [0.15, 0.2) is 5.78 Å². The fourth-order valence-electron chi connectivity index (χ4n) is 3.90. The molecule has 182 valence electrons. The van der Waals surface area contributed by atoms with Gasteiger partial charge in [-0.25, -0.2) is 0 Å². The normalized spacial score (nSPS) is 10.8. The molecule has 0 aromatic heterocycles. The standard InChI is InChI=1S/C28H46O4/c1-3-4-5-6-7-8-9-10-11-12-13-14-15-16-17-18-22-32-26-21-19-20-25(23-26)27(29)24-28(30)31-2/h19-21,23H,3-18,22,24H2,1-2H3. The number of benzene rings is 1. The zero-order valence-electron chi connectivity index (χ0n) is 20.7. The predicted molar refractivity (Wildman–Crippen MR) is 132 cm³/mol. The first-order chi connectivity index (χ1) is 15.7. The van der Waals surface area contributed by atoms with Crippen LogP contribution in [-0.4, -0.2) is 25.5 Å². The summed E-state index contributed by atoms with van der Waals surface area (Å²) in [6, 6.07) is 7.04. The van der Waals surface area contributed by atoms with Gasteiger partial charge in [0.25, 0.3) is 0 Å². The van der Waals surface area contributed by atoms with Crippen molar-refractivity contribution >= 4 is 11.8 Å². The molecule has 4 heteroatoms. The molecule has 0 radical (unpaired) electrons. The lowest BCUT2D eigenvalue weighted by Crippen LogP contribution is -2.09. The molecule has 0 heterocycles. The van der Waals surface area contributed by atoms with Crippen LogP contribution in [0, 0.1) is 0 Å². The van der Waals surface area contributed by atoms with Crippen molar-refractivity contribution in [1.82, 2.24) is 0 Å². The first-order valence-corrected chi connectivity index (χ1v) is 13.0. The quantitative estimate of drug-likeness (QED) is 0.0829. The Morgan fingerprint density at radius 1 is 0.719 bits per heavy atom. The summed E-state index contributed by atoms with van der Waals surface area (Å²) in [5, 5.41) is 0. The largest absolute Gasteiger partial charge is 0.494 e. The van der Waals surface area contributed by atoms with Gasteiger partial charge in [0, 0.05) is 5.56 Å². The average molecular weight is 447 g/mol. The molecule has 32 heavy (non-hydrogen) atoms. The van der Waals surface area contributed by atoms with E-state index in [0.29, 0.717) is 17.9 Å². The molecule has 1 aromatic carbocycles. The van der Waals surface area contributed by atoms with Crippen molar-refractivity contribution in [2.24, 2.45) is 0 Å². The van der Waals surface area contributed by atoms with E-state index in [1.807, 2.05) is 6.07 Å². The van der Waals surface area contributed by atoms with Gasteiger partial charge in [0.2, 0.25) is 0 Å². The van der Waals surface area contributed by atoms with Crippen LogP contribution >= 0.6 is 0 Å². The lowest BCUT2D eigenvalue weighted by Gasteiger charge is -2.08. The van der Waals surface area contributed by atoms with E-state index in [1.165, 1.54) is 103 Å². The number of hydrogen-bond acceptors (Lipinski definition) is 4. The second-order valence-electron chi connectivity index (χ2n) is 8.86. The molecule has 0 atom stereocenters. The summed E-state index contributed by atoms with van der Waals surface area (Å²) in [6.07, 6.45) is 21.4. The summed E-state index contributed by atoms with van der Waals surface area (Å²) < 4.78 is 10.3. The van der Waals surface area contributed by atoms with Crippen molar-refractivity contribution in [3.05, 3.63) is 29.8 Å². The van der Waals surface area contributed by atoms with Gasteiger partial charge in [-0.05, 0) is 18.6 Å². The van der Waals surface area contributed by atoms with E-state index < -0.39 is 5.97 Å². The lowest BCUT2D eigenvalue weighted by atomic mass is 10.0. The second-order valence-corrected chi connectivity index (χ2v) is 8.86. The molecule has 1 aromatic rings. The van der Waals surface area contributed by atoms with E-state index in [1.54, 1.807) is 18.2 Å². The van der Waals surface area contributed by atoms with Crippen molar-refractivity contribution in [3.63, 3.8) is 0 Å². The van der Waals surface area contributed by atoms with Crippen molar-refractivity contribution < 1.29 is 19.1 Å². The number of unbranched alkanes of at least 4 members (excludes halogenated alkanes) is 15. The lowest BCUT2D eigenvalue weighted by molar-refractivity contribution is -0.139. The third-order valence-electron chi connectivity index (χ3n) is 5.96. The molecule has 0 fully saturated rings. The van der Waals surface area contributed by atoms with Gasteiger partial charge in [-0.2, -0.15) is 0 Å². The Hall–Kier alpha value is -1.84. The molecule has 1 rings (SSSR count).